The molecule has 0 fully saturated rings. The second-order valence-electron chi connectivity index (χ2n) is 11.7. The molecule has 10 nitrogen and oxygen atoms in total. The number of pyridine rings is 2. The zero-order chi connectivity index (χ0) is 31.4. The van der Waals surface area contributed by atoms with Crippen molar-refractivity contribution in [3.05, 3.63) is 90.0 Å². The Morgan fingerprint density at radius 3 is 2.69 bits per heavy atom. The van der Waals surface area contributed by atoms with Gasteiger partial charge in [-0.25, -0.2) is 4.98 Å². The zero-order valence-corrected chi connectivity index (χ0v) is 26.4. The predicted molar refractivity (Wildman–Crippen MR) is 176 cm³/mol. The summed E-state index contributed by atoms with van der Waals surface area (Å²) in [7, 11) is 0. The quantitative estimate of drug-likeness (QED) is 0.0812. The van der Waals surface area contributed by atoms with E-state index in [4.69, 9.17) is 9.72 Å². The first-order valence-electron chi connectivity index (χ1n) is 16.1. The number of aromatic nitrogens is 4. The maximum atomic E-state index is 11.0. The Hall–Kier alpha value is -4.28. The lowest BCUT2D eigenvalue weighted by Gasteiger charge is -2.26. The minimum Gasteiger partial charge on any atom is -0.491 e. The summed E-state index contributed by atoms with van der Waals surface area (Å²) in [4.78, 5) is 15.9. The summed E-state index contributed by atoms with van der Waals surface area (Å²) < 4.78 is 7.06. The molecule has 238 valence electrons. The Balaban J connectivity index is 1.19. The lowest BCUT2D eigenvalue weighted by atomic mass is 10.1. The summed E-state index contributed by atoms with van der Waals surface area (Å²) >= 11 is 0. The summed E-state index contributed by atoms with van der Waals surface area (Å²) in [5, 5.41) is 28.5. The van der Waals surface area contributed by atoms with Crippen LogP contribution in [0.2, 0.25) is 0 Å². The monoisotopic (exact) mass is 612 g/mol. The van der Waals surface area contributed by atoms with E-state index in [0.29, 0.717) is 24.7 Å². The fraction of sp³-hybridized carbons (Fsp3) is 0.429. The first kappa shape index (κ1) is 32.1. The molecule has 2 atom stereocenters. The van der Waals surface area contributed by atoms with Gasteiger partial charge in [0.25, 0.3) is 5.82 Å². The van der Waals surface area contributed by atoms with Gasteiger partial charge in [0.1, 0.15) is 24.4 Å². The van der Waals surface area contributed by atoms with Crippen molar-refractivity contribution in [3.63, 3.8) is 0 Å². The predicted octanol–water partition coefficient (Wildman–Crippen LogP) is 4.69. The van der Waals surface area contributed by atoms with E-state index in [0.717, 1.165) is 91.5 Å². The van der Waals surface area contributed by atoms with E-state index >= 15 is 0 Å². The number of unbranched alkanes of at least 4 members (excludes halogenated alkanes) is 1. The zero-order valence-electron chi connectivity index (χ0n) is 26.4. The number of benzene rings is 1. The van der Waals surface area contributed by atoms with Crippen LogP contribution in [-0.2, 0) is 12.8 Å². The first-order valence-corrected chi connectivity index (χ1v) is 16.1. The minimum absolute atomic E-state index is 0.286. The van der Waals surface area contributed by atoms with Gasteiger partial charge in [0.15, 0.2) is 0 Å². The van der Waals surface area contributed by atoms with Gasteiger partial charge in [-0.05, 0) is 94.8 Å². The van der Waals surface area contributed by atoms with Crippen LogP contribution < -0.4 is 20.1 Å². The fourth-order valence-corrected chi connectivity index (χ4v) is 5.57. The molecule has 0 saturated carbocycles. The van der Waals surface area contributed by atoms with Crippen LogP contribution in [0.3, 0.4) is 0 Å². The third kappa shape index (κ3) is 9.36. The van der Waals surface area contributed by atoms with Crippen molar-refractivity contribution in [2.45, 2.75) is 64.5 Å². The van der Waals surface area contributed by atoms with Gasteiger partial charge in [0.2, 0.25) is 0 Å². The fourth-order valence-electron chi connectivity index (χ4n) is 5.57. The molecule has 1 aliphatic rings. The van der Waals surface area contributed by atoms with Crippen molar-refractivity contribution < 1.29 is 19.8 Å². The van der Waals surface area contributed by atoms with Crippen molar-refractivity contribution in [2.75, 3.05) is 43.4 Å². The van der Waals surface area contributed by atoms with Crippen LogP contribution in [-0.4, -0.2) is 75.1 Å². The molecule has 0 bridgehead atoms. The van der Waals surface area contributed by atoms with E-state index < -0.39 is 6.10 Å². The topological polar surface area (TPSA) is 120 Å². The number of nitrogens with zero attached hydrogens (tertiary/aromatic N) is 5. The smallest absolute Gasteiger partial charge is 0.307 e. The van der Waals surface area contributed by atoms with E-state index in [1.165, 1.54) is 5.56 Å². The highest BCUT2D eigenvalue weighted by atomic mass is 16.5. The number of nitrogens with one attached hydrogen (secondary N) is 2. The van der Waals surface area contributed by atoms with E-state index in [1.54, 1.807) is 25.4 Å². The van der Waals surface area contributed by atoms with Crippen LogP contribution >= 0.6 is 0 Å². The molecule has 4 aromatic rings. The number of aliphatic hydroxyl groups is 1. The van der Waals surface area contributed by atoms with E-state index in [1.807, 2.05) is 49.4 Å². The summed E-state index contributed by atoms with van der Waals surface area (Å²) in [6, 6.07) is 19.3. The highest BCUT2D eigenvalue weighted by Crippen LogP contribution is 2.21. The number of hydrogen-bond donors (Lipinski definition) is 4. The van der Waals surface area contributed by atoms with Gasteiger partial charge < -0.3 is 20.4 Å². The molecule has 1 aliphatic heterocycles. The van der Waals surface area contributed by atoms with Crippen molar-refractivity contribution in [1.29, 1.82) is 0 Å². The summed E-state index contributed by atoms with van der Waals surface area (Å²) in [5.74, 6) is 2.71. The maximum Gasteiger partial charge on any atom is 0.307 e. The molecule has 0 radical (unpaired) electrons. The number of rotatable bonds is 16. The molecule has 0 aliphatic carbocycles. The highest BCUT2D eigenvalue weighted by molar-refractivity contribution is 5.52. The highest BCUT2D eigenvalue weighted by Gasteiger charge is 2.24. The molecule has 0 spiro atoms. The molecule has 4 heterocycles. The molecule has 5 rings (SSSR count). The lowest BCUT2D eigenvalue weighted by Crippen LogP contribution is -2.43. The van der Waals surface area contributed by atoms with Crippen LogP contribution in [0.25, 0.3) is 11.4 Å². The number of anilines is 2. The van der Waals surface area contributed by atoms with Gasteiger partial charge in [-0.1, -0.05) is 29.0 Å². The Bertz CT molecular complexity index is 1480. The SMILES string of the molecule is Cc1ccc(OCCN(CCCCc2ccc3c(n2)NCCC3)CC[C@H](Nc2ccnc(-c3ccccc3)[n+]2O)C(C)O)cn1. The van der Waals surface area contributed by atoms with Gasteiger partial charge in [-0.2, -0.15) is 0 Å². The molecule has 10 heteroatoms. The molecule has 0 amide bonds. The Morgan fingerprint density at radius 2 is 1.89 bits per heavy atom. The number of aryl methyl sites for hydroxylation is 3. The van der Waals surface area contributed by atoms with E-state index in [9.17, 15) is 10.3 Å². The maximum absolute atomic E-state index is 11.0. The number of fused-ring (bicyclic) bond motifs is 1. The van der Waals surface area contributed by atoms with Crippen LogP contribution in [0.15, 0.2) is 73.1 Å². The standard InChI is InChI=1S/C35H45N7O3/c1-26-13-16-31(25-38-26)45-24-23-41(21-7-6-12-30-15-14-28-11-8-19-36-34(28)39-30)22-18-32(27(2)43)40-33-17-20-37-35(42(33)44)29-9-4-3-5-10-29/h3-5,9-10,13-17,20,25,27,32,43-44H,6-8,11-12,18-19,21-24H2,1-2H3,(H,36,39)/p+1/t27?,32-/m0/s1. The number of aliphatic hydroxyl groups excluding tert-OH is 1. The van der Waals surface area contributed by atoms with E-state index in [-0.39, 0.29) is 6.04 Å². The number of ether oxygens (including phenoxy) is 1. The van der Waals surface area contributed by atoms with Gasteiger partial charge in [-0.15, -0.1) is 4.98 Å². The van der Waals surface area contributed by atoms with Crippen LogP contribution in [0.5, 0.6) is 5.75 Å². The second kappa shape index (κ2) is 16.2. The van der Waals surface area contributed by atoms with Gasteiger partial charge in [-0.3, -0.25) is 15.2 Å². The normalized spacial score (nSPS) is 14.0. The van der Waals surface area contributed by atoms with Crippen molar-refractivity contribution in [1.82, 2.24) is 19.9 Å². The Kier molecular flexibility index (Phi) is 11.5. The molecule has 4 N–H and O–H groups in total. The van der Waals surface area contributed by atoms with Crippen molar-refractivity contribution >= 4 is 11.6 Å². The third-order valence-corrected chi connectivity index (χ3v) is 8.23. The molecule has 1 unspecified atom stereocenters. The average Bonchev–Trinajstić information content (AvgIpc) is 3.06. The summed E-state index contributed by atoms with van der Waals surface area (Å²) in [5.41, 5.74) is 4.21. The van der Waals surface area contributed by atoms with Crippen LogP contribution in [0.4, 0.5) is 11.6 Å². The summed E-state index contributed by atoms with van der Waals surface area (Å²) in [6.45, 7) is 7.67. The first-order chi connectivity index (χ1) is 22.0. The molecule has 0 saturated heterocycles. The van der Waals surface area contributed by atoms with E-state index in [2.05, 4.69) is 37.6 Å². The molecule has 3 aromatic heterocycles. The molecular weight excluding hydrogens is 566 g/mol. The van der Waals surface area contributed by atoms with Gasteiger partial charge in [0, 0.05) is 37.1 Å². The van der Waals surface area contributed by atoms with Crippen molar-refractivity contribution in [3.8, 4) is 17.1 Å². The average molecular weight is 613 g/mol. The lowest BCUT2D eigenvalue weighted by molar-refractivity contribution is -0.886. The van der Waals surface area contributed by atoms with Crippen LogP contribution in [0.1, 0.15) is 49.6 Å². The summed E-state index contributed by atoms with van der Waals surface area (Å²) in [6.07, 6.45) is 8.71. The van der Waals surface area contributed by atoms with Crippen LogP contribution in [0, 0.1) is 6.92 Å². The molecule has 45 heavy (non-hydrogen) atoms. The number of hydrogen-bond acceptors (Lipinski definition) is 9. The Labute approximate surface area is 266 Å². The van der Waals surface area contributed by atoms with Gasteiger partial charge in [0.05, 0.1) is 23.9 Å². The van der Waals surface area contributed by atoms with Crippen molar-refractivity contribution in [2.24, 2.45) is 0 Å². The molecule has 1 aromatic carbocycles. The minimum atomic E-state index is -0.640. The largest absolute Gasteiger partial charge is 0.491 e. The Morgan fingerprint density at radius 1 is 1.02 bits per heavy atom. The van der Waals surface area contributed by atoms with Gasteiger partial charge >= 0.3 is 5.82 Å². The molecular formula is C35H46N7O3+. The second-order valence-corrected chi connectivity index (χ2v) is 11.7. The third-order valence-electron chi connectivity index (χ3n) is 8.23.